The van der Waals surface area contributed by atoms with Crippen molar-refractivity contribution in [3.05, 3.63) is 35.9 Å². The van der Waals surface area contributed by atoms with Crippen LogP contribution < -0.4 is 0 Å². The summed E-state index contributed by atoms with van der Waals surface area (Å²) >= 11 is 0. The van der Waals surface area contributed by atoms with Crippen LogP contribution in [-0.2, 0) is 0 Å². The molecule has 1 fully saturated rings. The van der Waals surface area contributed by atoms with Crippen LogP contribution in [-0.4, -0.2) is 12.9 Å². The minimum Gasteiger partial charge on any atom is -0.449 e. The van der Waals surface area contributed by atoms with E-state index < -0.39 is 24.6 Å². The summed E-state index contributed by atoms with van der Waals surface area (Å²) in [6.45, 7) is -5.47. The Morgan fingerprint density at radius 1 is 1.00 bits per heavy atom. The lowest BCUT2D eigenvalue weighted by molar-refractivity contribution is 0.107. The van der Waals surface area contributed by atoms with Crippen LogP contribution in [0.2, 0.25) is 5.82 Å². The van der Waals surface area contributed by atoms with Crippen molar-refractivity contribution in [3.8, 4) is 0 Å². The van der Waals surface area contributed by atoms with Gasteiger partial charge in [-0.25, -0.2) is 8.78 Å². The number of hydrogen-bond acceptors (Lipinski definition) is 0. The molecule has 82 valence electrons. The van der Waals surface area contributed by atoms with Crippen LogP contribution >= 0.6 is 0 Å². The summed E-state index contributed by atoms with van der Waals surface area (Å²) in [4.78, 5) is 0. The van der Waals surface area contributed by atoms with E-state index in [1.807, 2.05) is 0 Å². The minimum atomic E-state index is -5.47. The lowest BCUT2D eigenvalue weighted by Gasteiger charge is -2.11. The first-order valence-corrected chi connectivity index (χ1v) is 4.48. The maximum atomic E-state index is 12.9. The average molecular weight is 221 g/mol. The molecular formula is C9H7BF5-. The zero-order valence-electron chi connectivity index (χ0n) is 7.51. The van der Waals surface area contributed by atoms with Crippen molar-refractivity contribution in [2.75, 3.05) is 0 Å². The zero-order chi connectivity index (χ0) is 11.3. The highest BCUT2D eigenvalue weighted by atomic mass is 19.4. The Morgan fingerprint density at radius 3 is 1.93 bits per heavy atom. The first kappa shape index (κ1) is 10.5. The van der Waals surface area contributed by atoms with E-state index in [0.717, 1.165) is 0 Å². The normalized spacial score (nSPS) is 28.9. The molecule has 0 bridgehead atoms. The topological polar surface area (TPSA) is 0 Å². The molecule has 1 aromatic carbocycles. The van der Waals surface area contributed by atoms with Gasteiger partial charge in [0.05, 0.1) is 0 Å². The van der Waals surface area contributed by atoms with Crippen molar-refractivity contribution >= 4 is 6.98 Å². The zero-order valence-corrected chi connectivity index (χ0v) is 7.51. The summed E-state index contributed by atoms with van der Waals surface area (Å²) in [6, 6.07) is 7.12. The molecule has 1 saturated carbocycles. The predicted octanol–water partition coefficient (Wildman–Crippen LogP) is 3.64. The van der Waals surface area contributed by atoms with E-state index in [-0.39, 0.29) is 5.56 Å². The van der Waals surface area contributed by atoms with Crippen molar-refractivity contribution in [1.82, 2.24) is 0 Å². The van der Waals surface area contributed by atoms with E-state index >= 15 is 0 Å². The molecule has 6 heteroatoms. The van der Waals surface area contributed by atoms with Crippen LogP contribution in [0.25, 0.3) is 0 Å². The van der Waals surface area contributed by atoms with Crippen LogP contribution in [0.3, 0.4) is 0 Å². The molecule has 1 aliphatic rings. The monoisotopic (exact) mass is 221 g/mol. The van der Waals surface area contributed by atoms with Gasteiger partial charge < -0.3 is 12.9 Å². The third kappa shape index (κ3) is 1.62. The molecule has 2 rings (SSSR count). The van der Waals surface area contributed by atoms with E-state index in [2.05, 4.69) is 0 Å². The molecule has 0 nitrogen and oxygen atoms in total. The summed E-state index contributed by atoms with van der Waals surface area (Å²) in [7, 11) is 0. The molecule has 2 unspecified atom stereocenters. The summed E-state index contributed by atoms with van der Waals surface area (Å²) in [6.07, 6.45) is 0. The molecule has 1 aliphatic carbocycles. The van der Waals surface area contributed by atoms with E-state index in [1.165, 1.54) is 24.3 Å². The lowest BCUT2D eigenvalue weighted by atomic mass is 9.80. The average Bonchev–Trinajstić information content (AvgIpc) is 2.70. The number of benzene rings is 1. The molecule has 0 radical (unpaired) electrons. The first-order chi connectivity index (χ1) is 6.85. The van der Waals surface area contributed by atoms with Crippen LogP contribution in [0.4, 0.5) is 21.7 Å². The van der Waals surface area contributed by atoms with Gasteiger partial charge in [-0.2, -0.15) is 0 Å². The Labute approximate surface area is 83.2 Å². The molecule has 0 heterocycles. The van der Waals surface area contributed by atoms with E-state index in [9.17, 15) is 21.7 Å². The SMILES string of the molecule is F[B-](F)(F)C1C(c2ccccc2)C1(F)F. The highest BCUT2D eigenvalue weighted by Crippen LogP contribution is 2.70. The molecule has 0 saturated heterocycles. The quantitative estimate of drug-likeness (QED) is 0.528. The summed E-state index contributed by atoms with van der Waals surface area (Å²) in [5.41, 5.74) is 0.0618. The Bertz CT molecular complexity index is 359. The van der Waals surface area contributed by atoms with Gasteiger partial charge in [0.2, 0.25) is 5.92 Å². The van der Waals surface area contributed by atoms with Gasteiger partial charge in [-0.1, -0.05) is 30.3 Å². The Hall–Kier alpha value is -1.07. The van der Waals surface area contributed by atoms with Gasteiger partial charge in [0, 0.05) is 11.7 Å². The second-order valence-electron chi connectivity index (χ2n) is 3.71. The first-order valence-electron chi connectivity index (χ1n) is 4.48. The standard InChI is InChI=1S/C9H7BF5/c11-9(12)7(8(9)10(13,14)15)6-4-2-1-3-5-6/h1-5,7-8H/q-1. The molecule has 2 atom stereocenters. The van der Waals surface area contributed by atoms with Crippen molar-refractivity contribution in [2.45, 2.75) is 17.7 Å². The molecule has 0 N–H and O–H groups in total. The van der Waals surface area contributed by atoms with Gasteiger partial charge >= 0.3 is 6.98 Å². The lowest BCUT2D eigenvalue weighted by Crippen LogP contribution is -2.18. The van der Waals surface area contributed by atoms with Crippen LogP contribution in [0, 0.1) is 0 Å². The number of alkyl halides is 2. The minimum absolute atomic E-state index is 0.0618. The smallest absolute Gasteiger partial charge is 0.449 e. The third-order valence-electron chi connectivity index (χ3n) is 2.67. The van der Waals surface area contributed by atoms with Crippen LogP contribution in [0.5, 0.6) is 0 Å². The molecule has 0 aromatic heterocycles. The van der Waals surface area contributed by atoms with Gasteiger partial charge in [0.25, 0.3) is 0 Å². The molecule has 0 aliphatic heterocycles. The van der Waals surface area contributed by atoms with Crippen molar-refractivity contribution in [2.24, 2.45) is 0 Å². The highest BCUT2D eigenvalue weighted by Gasteiger charge is 2.74. The Morgan fingerprint density at radius 2 is 1.53 bits per heavy atom. The second-order valence-corrected chi connectivity index (χ2v) is 3.71. The summed E-state index contributed by atoms with van der Waals surface area (Å²) < 4.78 is 62.6. The fraction of sp³-hybridized carbons (Fsp3) is 0.333. The molecule has 0 spiro atoms. The number of halogens is 5. The number of hydrogen-bond donors (Lipinski definition) is 0. The van der Waals surface area contributed by atoms with E-state index in [0.29, 0.717) is 0 Å². The Kier molecular flexibility index (Phi) is 2.07. The molecular weight excluding hydrogens is 214 g/mol. The fourth-order valence-corrected chi connectivity index (χ4v) is 1.91. The van der Waals surface area contributed by atoms with Gasteiger partial charge in [0.1, 0.15) is 0 Å². The number of rotatable bonds is 2. The van der Waals surface area contributed by atoms with E-state index in [1.54, 1.807) is 6.07 Å². The van der Waals surface area contributed by atoms with Crippen LogP contribution in [0.1, 0.15) is 11.5 Å². The highest BCUT2D eigenvalue weighted by molar-refractivity contribution is 6.62. The van der Waals surface area contributed by atoms with Gasteiger partial charge in [-0.3, -0.25) is 0 Å². The summed E-state index contributed by atoms with van der Waals surface area (Å²) in [5, 5.41) is 0. The van der Waals surface area contributed by atoms with Gasteiger partial charge in [0.15, 0.2) is 0 Å². The molecule has 1 aromatic rings. The van der Waals surface area contributed by atoms with Gasteiger partial charge in [-0.15, -0.1) is 0 Å². The largest absolute Gasteiger partial charge is 0.488 e. The second kappa shape index (κ2) is 2.96. The van der Waals surface area contributed by atoms with Crippen LogP contribution in [0.15, 0.2) is 30.3 Å². The van der Waals surface area contributed by atoms with Crippen molar-refractivity contribution in [1.29, 1.82) is 0 Å². The maximum Gasteiger partial charge on any atom is 0.488 e. The predicted molar refractivity (Wildman–Crippen MR) is 47.0 cm³/mol. The van der Waals surface area contributed by atoms with Gasteiger partial charge in [-0.05, 0) is 5.56 Å². The third-order valence-corrected chi connectivity index (χ3v) is 2.67. The Balaban J connectivity index is 2.28. The van der Waals surface area contributed by atoms with Crippen molar-refractivity contribution < 1.29 is 21.7 Å². The fourth-order valence-electron chi connectivity index (χ4n) is 1.91. The maximum absolute atomic E-state index is 12.9. The molecule has 15 heavy (non-hydrogen) atoms. The molecule has 0 amide bonds. The summed E-state index contributed by atoms with van der Waals surface area (Å²) in [5.74, 6) is -7.77. The van der Waals surface area contributed by atoms with Crippen molar-refractivity contribution in [3.63, 3.8) is 0 Å². The van der Waals surface area contributed by atoms with E-state index in [4.69, 9.17) is 0 Å².